The standard InChI is InChI=1S/C22H32N2O3/c1-21(2)12-18(23-15-17(11-19(23)25)20(26)27-5)13-22(3,4)24(21)14-16-9-7-6-8-10-16/h6-10,17-18H,11-15H2,1-5H3. The lowest BCUT2D eigenvalue weighted by atomic mass is 9.76. The quantitative estimate of drug-likeness (QED) is 0.762. The molecule has 1 unspecified atom stereocenters. The number of ether oxygens (including phenoxy) is 1. The van der Waals surface area contributed by atoms with Gasteiger partial charge in [0.25, 0.3) is 0 Å². The Labute approximate surface area is 162 Å². The summed E-state index contributed by atoms with van der Waals surface area (Å²) in [4.78, 5) is 29.0. The van der Waals surface area contributed by atoms with Crippen molar-refractivity contribution in [1.82, 2.24) is 9.80 Å². The molecular weight excluding hydrogens is 340 g/mol. The first-order valence-electron chi connectivity index (χ1n) is 9.83. The van der Waals surface area contributed by atoms with E-state index >= 15 is 0 Å². The first-order chi connectivity index (χ1) is 12.6. The Bertz CT molecular complexity index is 681. The minimum Gasteiger partial charge on any atom is -0.469 e. The molecule has 5 nitrogen and oxygen atoms in total. The highest BCUT2D eigenvalue weighted by Crippen LogP contribution is 2.42. The van der Waals surface area contributed by atoms with E-state index in [1.54, 1.807) is 0 Å². The molecule has 1 atom stereocenters. The van der Waals surface area contributed by atoms with Crippen LogP contribution in [0.5, 0.6) is 0 Å². The molecule has 0 aliphatic carbocycles. The molecule has 2 aliphatic rings. The van der Waals surface area contributed by atoms with Gasteiger partial charge in [-0.25, -0.2) is 0 Å². The van der Waals surface area contributed by atoms with Gasteiger partial charge in [-0.05, 0) is 46.1 Å². The van der Waals surface area contributed by atoms with Gasteiger partial charge in [-0.3, -0.25) is 14.5 Å². The normalized spacial score (nSPS) is 25.6. The zero-order valence-electron chi connectivity index (χ0n) is 17.2. The predicted octanol–water partition coefficient (Wildman–Crippen LogP) is 3.23. The summed E-state index contributed by atoms with van der Waals surface area (Å²) in [6.45, 7) is 10.4. The average Bonchev–Trinajstić information content (AvgIpc) is 2.99. The summed E-state index contributed by atoms with van der Waals surface area (Å²) in [7, 11) is 1.39. The zero-order valence-corrected chi connectivity index (χ0v) is 17.2. The van der Waals surface area contributed by atoms with Gasteiger partial charge in [0.1, 0.15) is 0 Å². The van der Waals surface area contributed by atoms with Crippen LogP contribution in [0.1, 0.15) is 52.5 Å². The SMILES string of the molecule is COC(=O)C1CC(=O)N(C2CC(C)(C)N(Cc3ccccc3)C(C)(C)C2)C1. The molecule has 2 fully saturated rings. The van der Waals surface area contributed by atoms with Crippen molar-refractivity contribution in [2.24, 2.45) is 5.92 Å². The van der Waals surface area contributed by atoms with Crippen molar-refractivity contribution in [3.8, 4) is 0 Å². The van der Waals surface area contributed by atoms with Gasteiger partial charge in [0.2, 0.25) is 5.91 Å². The number of hydrogen-bond acceptors (Lipinski definition) is 4. The van der Waals surface area contributed by atoms with Crippen molar-refractivity contribution in [1.29, 1.82) is 0 Å². The maximum Gasteiger partial charge on any atom is 0.310 e. The fraction of sp³-hybridized carbons (Fsp3) is 0.636. The molecule has 1 aromatic carbocycles. The highest BCUT2D eigenvalue weighted by atomic mass is 16.5. The fourth-order valence-electron chi connectivity index (χ4n) is 5.09. The second-order valence-corrected chi connectivity index (χ2v) is 9.23. The summed E-state index contributed by atoms with van der Waals surface area (Å²) >= 11 is 0. The second kappa shape index (κ2) is 7.27. The van der Waals surface area contributed by atoms with Crippen LogP contribution in [0.4, 0.5) is 0 Å². The first kappa shape index (κ1) is 19.9. The number of likely N-dealkylation sites (tertiary alicyclic amines) is 2. The molecule has 0 aromatic heterocycles. The molecule has 5 heteroatoms. The Morgan fingerprint density at radius 3 is 2.26 bits per heavy atom. The summed E-state index contributed by atoms with van der Waals surface area (Å²) in [5.74, 6) is -0.513. The molecule has 148 valence electrons. The van der Waals surface area contributed by atoms with E-state index < -0.39 is 0 Å². The topological polar surface area (TPSA) is 49.9 Å². The number of nitrogens with zero attached hydrogens (tertiary/aromatic N) is 2. The van der Waals surface area contributed by atoms with Crippen molar-refractivity contribution in [3.05, 3.63) is 35.9 Å². The van der Waals surface area contributed by atoms with Crippen LogP contribution in [0.3, 0.4) is 0 Å². The highest BCUT2D eigenvalue weighted by molar-refractivity contribution is 5.87. The molecule has 3 rings (SSSR count). The fourth-order valence-corrected chi connectivity index (χ4v) is 5.09. The van der Waals surface area contributed by atoms with Gasteiger partial charge in [-0.2, -0.15) is 0 Å². The van der Waals surface area contributed by atoms with Gasteiger partial charge < -0.3 is 9.64 Å². The van der Waals surface area contributed by atoms with Crippen LogP contribution in [0, 0.1) is 5.92 Å². The van der Waals surface area contributed by atoms with Gasteiger partial charge >= 0.3 is 5.97 Å². The third kappa shape index (κ3) is 4.03. The molecule has 0 saturated carbocycles. The number of rotatable bonds is 4. The molecule has 2 saturated heterocycles. The van der Waals surface area contributed by atoms with E-state index in [-0.39, 0.29) is 41.3 Å². The third-order valence-electron chi connectivity index (χ3n) is 6.25. The number of piperidine rings is 1. The molecule has 27 heavy (non-hydrogen) atoms. The molecule has 0 radical (unpaired) electrons. The van der Waals surface area contributed by atoms with Crippen LogP contribution >= 0.6 is 0 Å². The maximum absolute atomic E-state index is 12.6. The average molecular weight is 373 g/mol. The molecule has 1 amide bonds. The number of carbonyl (C=O) groups excluding carboxylic acids is 2. The minimum atomic E-state index is -0.323. The maximum atomic E-state index is 12.6. The molecule has 2 aliphatic heterocycles. The van der Waals surface area contributed by atoms with Gasteiger partial charge in [-0.1, -0.05) is 30.3 Å². The third-order valence-corrected chi connectivity index (χ3v) is 6.25. The summed E-state index contributed by atoms with van der Waals surface area (Å²) < 4.78 is 4.86. The van der Waals surface area contributed by atoms with Gasteiger partial charge in [0.05, 0.1) is 13.0 Å². The Morgan fingerprint density at radius 1 is 1.11 bits per heavy atom. The monoisotopic (exact) mass is 372 g/mol. The van der Waals surface area contributed by atoms with Crippen LogP contribution in [-0.4, -0.2) is 52.5 Å². The number of benzene rings is 1. The van der Waals surface area contributed by atoms with E-state index in [1.165, 1.54) is 12.7 Å². The number of carbonyl (C=O) groups is 2. The Kier molecular flexibility index (Phi) is 5.35. The van der Waals surface area contributed by atoms with Crippen LogP contribution in [0.25, 0.3) is 0 Å². The summed E-state index contributed by atoms with van der Waals surface area (Å²) in [6, 6.07) is 10.7. The zero-order chi connectivity index (χ0) is 19.8. The van der Waals surface area contributed by atoms with Gasteiger partial charge in [-0.15, -0.1) is 0 Å². The Morgan fingerprint density at radius 2 is 1.70 bits per heavy atom. The number of methoxy groups -OCH3 is 1. The van der Waals surface area contributed by atoms with Gasteiger partial charge in [0.15, 0.2) is 0 Å². The molecule has 1 aromatic rings. The number of amides is 1. The van der Waals surface area contributed by atoms with E-state index in [9.17, 15) is 9.59 Å². The molecular formula is C22H32N2O3. The van der Waals surface area contributed by atoms with E-state index in [1.807, 2.05) is 11.0 Å². The van der Waals surface area contributed by atoms with Crippen LogP contribution in [0.15, 0.2) is 30.3 Å². The minimum absolute atomic E-state index is 0.0497. The van der Waals surface area contributed by atoms with Crippen LogP contribution in [0.2, 0.25) is 0 Å². The van der Waals surface area contributed by atoms with E-state index in [0.29, 0.717) is 6.54 Å². The lowest BCUT2D eigenvalue weighted by molar-refractivity contribution is -0.145. The predicted molar refractivity (Wildman–Crippen MR) is 105 cm³/mol. The van der Waals surface area contributed by atoms with Crippen LogP contribution in [-0.2, 0) is 20.9 Å². The van der Waals surface area contributed by atoms with Crippen molar-refractivity contribution in [2.45, 2.75) is 70.6 Å². The largest absolute Gasteiger partial charge is 0.469 e. The Balaban J connectivity index is 1.77. The molecule has 2 heterocycles. The molecule has 0 bridgehead atoms. The smallest absolute Gasteiger partial charge is 0.310 e. The van der Waals surface area contributed by atoms with Gasteiger partial charge in [0, 0.05) is 36.6 Å². The Hall–Kier alpha value is -1.88. The summed E-state index contributed by atoms with van der Waals surface area (Å²) in [5.41, 5.74) is 1.21. The number of esters is 1. The number of hydrogen-bond donors (Lipinski definition) is 0. The first-order valence-corrected chi connectivity index (χ1v) is 9.83. The summed E-state index contributed by atoms with van der Waals surface area (Å²) in [6.07, 6.45) is 2.09. The van der Waals surface area contributed by atoms with E-state index in [4.69, 9.17) is 4.74 Å². The van der Waals surface area contributed by atoms with Crippen molar-refractivity contribution in [2.75, 3.05) is 13.7 Å². The molecule has 0 N–H and O–H groups in total. The highest BCUT2D eigenvalue weighted by Gasteiger charge is 2.49. The summed E-state index contributed by atoms with van der Waals surface area (Å²) in [5, 5.41) is 0. The second-order valence-electron chi connectivity index (χ2n) is 9.23. The van der Waals surface area contributed by atoms with Crippen molar-refractivity contribution < 1.29 is 14.3 Å². The van der Waals surface area contributed by atoms with Crippen molar-refractivity contribution in [3.63, 3.8) is 0 Å². The van der Waals surface area contributed by atoms with Crippen LogP contribution < -0.4 is 0 Å². The lowest BCUT2D eigenvalue weighted by Gasteiger charge is -2.56. The van der Waals surface area contributed by atoms with Crippen molar-refractivity contribution >= 4 is 11.9 Å². The lowest BCUT2D eigenvalue weighted by Crippen LogP contribution is -2.64. The van der Waals surface area contributed by atoms with E-state index in [0.717, 1.165) is 19.4 Å². The molecule has 0 spiro atoms. The van der Waals surface area contributed by atoms with E-state index in [2.05, 4.69) is 56.9 Å².